The summed E-state index contributed by atoms with van der Waals surface area (Å²) in [6.07, 6.45) is 7.07. The van der Waals surface area contributed by atoms with Gasteiger partial charge in [0.15, 0.2) is 0 Å². The Morgan fingerprint density at radius 3 is 2.59 bits per heavy atom. The van der Waals surface area contributed by atoms with E-state index in [2.05, 4.69) is 35.8 Å². The average Bonchev–Trinajstić information content (AvgIpc) is 2.73. The Hall–Kier alpha value is -2.48. The number of nitriles is 1. The smallest absolute Gasteiger partial charge is 0.267 e. The first-order chi connectivity index (χ1) is 14.0. The first-order valence-electron chi connectivity index (χ1n) is 9.76. The topological polar surface area (TPSA) is 64.9 Å². The number of carbonyl (C=O) groups is 1. The molecule has 1 aliphatic carbocycles. The fourth-order valence-corrected chi connectivity index (χ4v) is 3.82. The zero-order valence-corrected chi connectivity index (χ0v) is 17.8. The normalized spacial score (nSPS) is 14.5. The van der Waals surface area contributed by atoms with Gasteiger partial charge in [0.25, 0.3) is 5.91 Å². The number of benzene rings is 2. The lowest BCUT2D eigenvalue weighted by Gasteiger charge is -2.21. The summed E-state index contributed by atoms with van der Waals surface area (Å²) in [5.74, 6) is -0.501. The lowest BCUT2D eigenvalue weighted by atomic mass is 9.89. The molecule has 0 bridgehead atoms. The molecule has 0 fully saturated rings. The quantitative estimate of drug-likeness (QED) is 0.441. The van der Waals surface area contributed by atoms with Crippen molar-refractivity contribution in [2.75, 3.05) is 5.32 Å². The summed E-state index contributed by atoms with van der Waals surface area (Å²) in [4.78, 5) is 12.5. The molecule has 0 saturated heterocycles. The Labute approximate surface area is 181 Å². The number of nitrogens with one attached hydrogen (secondary N) is 2. The van der Waals surface area contributed by atoms with Gasteiger partial charge in [0.05, 0.1) is 16.1 Å². The number of hydrogen-bond acceptors (Lipinski definition) is 3. The molecule has 2 aromatic rings. The maximum Gasteiger partial charge on any atom is 0.267 e. The summed E-state index contributed by atoms with van der Waals surface area (Å²) in [6, 6.07) is 13.4. The number of halogens is 2. The van der Waals surface area contributed by atoms with Gasteiger partial charge in [-0.05, 0) is 67.0 Å². The lowest BCUT2D eigenvalue weighted by Crippen LogP contribution is -2.20. The zero-order valence-electron chi connectivity index (χ0n) is 16.3. The highest BCUT2D eigenvalue weighted by molar-refractivity contribution is 6.42. The first-order valence-corrected chi connectivity index (χ1v) is 10.5. The van der Waals surface area contributed by atoms with E-state index in [1.165, 1.54) is 35.7 Å². The van der Waals surface area contributed by atoms with Crippen molar-refractivity contribution >= 4 is 34.8 Å². The standard InChI is InChI=1S/C23H23Cl2N3O/c1-2-22(17-8-7-15-5-3-4-6-16(15)11-17)27-14-18(13-26)23(29)28-19-9-10-20(24)21(25)12-19/h7-12,14,22,27H,2-6H2,1H3,(H,28,29)/b18-14-. The van der Waals surface area contributed by atoms with Gasteiger partial charge in [-0.3, -0.25) is 4.79 Å². The molecule has 1 aliphatic rings. The maximum atomic E-state index is 12.5. The fourth-order valence-electron chi connectivity index (χ4n) is 3.52. The number of aryl methyl sites for hydroxylation is 2. The van der Waals surface area contributed by atoms with Crippen molar-refractivity contribution < 1.29 is 4.79 Å². The molecule has 29 heavy (non-hydrogen) atoms. The maximum absolute atomic E-state index is 12.5. The van der Waals surface area contributed by atoms with Crippen molar-refractivity contribution in [2.45, 2.75) is 45.1 Å². The lowest BCUT2D eigenvalue weighted by molar-refractivity contribution is -0.112. The molecule has 0 spiro atoms. The molecule has 1 atom stereocenters. The molecule has 6 heteroatoms. The third-order valence-corrected chi connectivity index (χ3v) is 5.89. The van der Waals surface area contributed by atoms with Gasteiger partial charge in [-0.25, -0.2) is 0 Å². The van der Waals surface area contributed by atoms with Crippen LogP contribution in [0.4, 0.5) is 5.69 Å². The van der Waals surface area contributed by atoms with Crippen LogP contribution in [0.2, 0.25) is 10.0 Å². The van der Waals surface area contributed by atoms with Crippen LogP contribution in [-0.4, -0.2) is 5.91 Å². The highest BCUT2D eigenvalue weighted by atomic mass is 35.5. The highest BCUT2D eigenvalue weighted by Crippen LogP contribution is 2.27. The number of hydrogen-bond donors (Lipinski definition) is 2. The Kier molecular flexibility index (Phi) is 7.19. The van der Waals surface area contributed by atoms with E-state index >= 15 is 0 Å². The summed E-state index contributed by atoms with van der Waals surface area (Å²) < 4.78 is 0. The number of carbonyl (C=O) groups excluding carboxylic acids is 1. The number of fused-ring (bicyclic) bond motifs is 1. The fraction of sp³-hybridized carbons (Fsp3) is 0.304. The van der Waals surface area contributed by atoms with Gasteiger partial charge in [-0.2, -0.15) is 5.26 Å². The van der Waals surface area contributed by atoms with E-state index in [-0.39, 0.29) is 11.6 Å². The molecule has 3 rings (SSSR count). The Morgan fingerprint density at radius 1 is 1.14 bits per heavy atom. The van der Waals surface area contributed by atoms with Gasteiger partial charge in [0.1, 0.15) is 11.6 Å². The molecule has 0 aliphatic heterocycles. The van der Waals surface area contributed by atoms with Crippen LogP contribution < -0.4 is 10.6 Å². The molecule has 2 aromatic carbocycles. The zero-order chi connectivity index (χ0) is 20.8. The third-order valence-electron chi connectivity index (χ3n) is 5.15. The van der Waals surface area contributed by atoms with Crippen LogP contribution in [0, 0.1) is 11.3 Å². The Morgan fingerprint density at radius 2 is 1.90 bits per heavy atom. The van der Waals surface area contributed by atoms with Gasteiger partial charge < -0.3 is 10.6 Å². The minimum atomic E-state index is -0.501. The summed E-state index contributed by atoms with van der Waals surface area (Å²) in [7, 11) is 0. The number of anilines is 1. The molecule has 0 aromatic heterocycles. The van der Waals surface area contributed by atoms with Crippen LogP contribution in [-0.2, 0) is 17.6 Å². The van der Waals surface area contributed by atoms with Gasteiger partial charge in [0.2, 0.25) is 0 Å². The van der Waals surface area contributed by atoms with Gasteiger partial charge in [0, 0.05) is 11.9 Å². The molecule has 4 nitrogen and oxygen atoms in total. The predicted molar refractivity (Wildman–Crippen MR) is 118 cm³/mol. The molecule has 0 saturated carbocycles. The van der Waals surface area contributed by atoms with Crippen molar-refractivity contribution in [2.24, 2.45) is 0 Å². The molecule has 150 valence electrons. The number of rotatable bonds is 6. The van der Waals surface area contributed by atoms with Crippen LogP contribution in [0.15, 0.2) is 48.2 Å². The molecule has 1 amide bonds. The van der Waals surface area contributed by atoms with E-state index < -0.39 is 5.91 Å². The average molecular weight is 428 g/mol. The monoisotopic (exact) mass is 427 g/mol. The highest BCUT2D eigenvalue weighted by Gasteiger charge is 2.15. The SMILES string of the molecule is CCC(N/C=C(/C#N)C(=O)Nc1ccc(Cl)c(Cl)c1)c1ccc2c(c1)CCCC2. The Bertz CT molecular complexity index is 979. The van der Waals surface area contributed by atoms with Crippen LogP contribution in [0.3, 0.4) is 0 Å². The molecule has 0 radical (unpaired) electrons. The van der Waals surface area contributed by atoms with Crippen LogP contribution in [0.5, 0.6) is 0 Å². The van der Waals surface area contributed by atoms with Gasteiger partial charge in [-0.15, -0.1) is 0 Å². The van der Waals surface area contributed by atoms with Crippen LogP contribution in [0.1, 0.15) is 48.9 Å². The van der Waals surface area contributed by atoms with E-state index in [1.54, 1.807) is 18.2 Å². The van der Waals surface area contributed by atoms with E-state index in [0.717, 1.165) is 19.3 Å². The van der Waals surface area contributed by atoms with E-state index in [4.69, 9.17) is 23.2 Å². The largest absolute Gasteiger partial charge is 0.383 e. The number of nitrogens with zero attached hydrogens (tertiary/aromatic N) is 1. The molecular weight excluding hydrogens is 405 g/mol. The van der Waals surface area contributed by atoms with Crippen molar-refractivity contribution in [3.05, 3.63) is 74.9 Å². The summed E-state index contributed by atoms with van der Waals surface area (Å²) >= 11 is 11.9. The first kappa shape index (κ1) is 21.2. The number of amides is 1. The van der Waals surface area contributed by atoms with E-state index in [9.17, 15) is 10.1 Å². The summed E-state index contributed by atoms with van der Waals surface area (Å²) in [6.45, 7) is 2.08. The predicted octanol–water partition coefficient (Wildman–Crippen LogP) is 5.96. The van der Waals surface area contributed by atoms with Crippen molar-refractivity contribution in [1.29, 1.82) is 5.26 Å². The second kappa shape index (κ2) is 9.82. The summed E-state index contributed by atoms with van der Waals surface area (Å²) in [5, 5.41) is 16.1. The Balaban J connectivity index is 1.71. The second-order valence-electron chi connectivity index (χ2n) is 7.12. The van der Waals surface area contributed by atoms with Gasteiger partial charge in [-0.1, -0.05) is 48.3 Å². The van der Waals surface area contributed by atoms with E-state index in [0.29, 0.717) is 15.7 Å². The molecule has 0 heterocycles. The van der Waals surface area contributed by atoms with Crippen LogP contribution >= 0.6 is 23.2 Å². The van der Waals surface area contributed by atoms with Crippen molar-refractivity contribution in [3.63, 3.8) is 0 Å². The molecule has 2 N–H and O–H groups in total. The van der Waals surface area contributed by atoms with E-state index in [1.807, 2.05) is 6.07 Å². The minimum absolute atomic E-state index is 0.00696. The molecule has 1 unspecified atom stereocenters. The van der Waals surface area contributed by atoms with Gasteiger partial charge >= 0.3 is 0 Å². The third kappa shape index (κ3) is 5.32. The minimum Gasteiger partial charge on any atom is -0.383 e. The summed E-state index contributed by atoms with van der Waals surface area (Å²) in [5.41, 5.74) is 4.49. The second-order valence-corrected chi connectivity index (χ2v) is 7.93. The van der Waals surface area contributed by atoms with Crippen LogP contribution in [0.25, 0.3) is 0 Å². The van der Waals surface area contributed by atoms with Crippen molar-refractivity contribution in [3.8, 4) is 6.07 Å². The van der Waals surface area contributed by atoms with Crippen molar-refractivity contribution in [1.82, 2.24) is 5.32 Å². The molecular formula is C23H23Cl2N3O.